The molecule has 2 N–H and O–H groups in total. The average molecular weight is 338 g/mol. The average Bonchev–Trinajstić information content (AvgIpc) is 2.91. The summed E-state index contributed by atoms with van der Waals surface area (Å²) >= 11 is 0. The minimum atomic E-state index is -3.49. The van der Waals surface area contributed by atoms with E-state index in [2.05, 4.69) is 10.0 Å². The molecule has 7 heteroatoms. The molecule has 1 saturated heterocycles. The van der Waals surface area contributed by atoms with Crippen molar-refractivity contribution in [1.82, 2.24) is 10.0 Å². The predicted molar refractivity (Wildman–Crippen MR) is 85.6 cm³/mol. The van der Waals surface area contributed by atoms with Gasteiger partial charge in [-0.05, 0) is 43.5 Å². The molecule has 1 saturated carbocycles. The highest BCUT2D eigenvalue weighted by Gasteiger charge is 2.45. The van der Waals surface area contributed by atoms with Gasteiger partial charge in [0, 0.05) is 30.7 Å². The quantitative estimate of drug-likeness (QED) is 0.818. The molecule has 2 fully saturated rings. The number of hydrogen-bond acceptors (Lipinski definition) is 4. The molecule has 23 heavy (non-hydrogen) atoms. The van der Waals surface area contributed by atoms with Crippen molar-refractivity contribution in [1.29, 1.82) is 0 Å². The van der Waals surface area contributed by atoms with E-state index in [0.29, 0.717) is 24.1 Å². The summed E-state index contributed by atoms with van der Waals surface area (Å²) in [4.78, 5) is 12.4. The summed E-state index contributed by atoms with van der Waals surface area (Å²) in [6, 6.07) is 6.21. The molecule has 0 unspecified atom stereocenters. The Balaban J connectivity index is 1.61. The van der Waals surface area contributed by atoms with Crippen LogP contribution in [0, 0.1) is 5.92 Å². The predicted octanol–water partition coefficient (Wildman–Crippen LogP) is 1.28. The lowest BCUT2D eigenvalue weighted by Gasteiger charge is -2.39. The summed E-state index contributed by atoms with van der Waals surface area (Å²) in [7, 11) is -3.49. The van der Waals surface area contributed by atoms with Crippen molar-refractivity contribution >= 4 is 15.9 Å². The molecule has 0 radical (unpaired) electrons. The van der Waals surface area contributed by atoms with Crippen molar-refractivity contribution in [3.05, 3.63) is 29.8 Å². The van der Waals surface area contributed by atoms with Gasteiger partial charge in [-0.2, -0.15) is 0 Å². The first-order valence-corrected chi connectivity index (χ1v) is 9.52. The van der Waals surface area contributed by atoms with Gasteiger partial charge in [0.25, 0.3) is 5.91 Å². The Morgan fingerprint density at radius 1 is 1.30 bits per heavy atom. The minimum Gasteiger partial charge on any atom is -0.378 e. The molecular formula is C16H22N2O4S. The Labute approximate surface area is 136 Å². The SMILES string of the molecule is CCCNS(=O)(=O)c1ccc(C(=O)N[C@@H]2C[C@H]3OCC[C@@H]23)cc1. The van der Waals surface area contributed by atoms with Crippen LogP contribution in [-0.4, -0.2) is 39.6 Å². The van der Waals surface area contributed by atoms with E-state index < -0.39 is 10.0 Å². The molecule has 2 aliphatic rings. The monoisotopic (exact) mass is 338 g/mol. The standard InChI is InChI=1S/C16H22N2O4S/c1-2-8-17-23(20,21)12-5-3-11(4-6-12)16(19)18-14-10-15-13(14)7-9-22-15/h3-6,13-15,17H,2,7-10H2,1H3,(H,18,19)/t13-,14+,15+/m0/s1. The first kappa shape index (κ1) is 16.4. The minimum absolute atomic E-state index is 0.161. The fourth-order valence-electron chi connectivity index (χ4n) is 3.12. The number of benzene rings is 1. The molecule has 0 aromatic heterocycles. The fraction of sp³-hybridized carbons (Fsp3) is 0.562. The second-order valence-electron chi connectivity index (χ2n) is 6.10. The largest absolute Gasteiger partial charge is 0.378 e. The molecule has 0 bridgehead atoms. The second-order valence-corrected chi connectivity index (χ2v) is 7.87. The molecule has 3 atom stereocenters. The van der Waals surface area contributed by atoms with Crippen LogP contribution in [0.25, 0.3) is 0 Å². The van der Waals surface area contributed by atoms with Crippen LogP contribution in [0.5, 0.6) is 0 Å². The molecule has 1 amide bonds. The lowest BCUT2D eigenvalue weighted by molar-refractivity contribution is 0.00809. The molecule has 1 aromatic carbocycles. The van der Waals surface area contributed by atoms with Crippen molar-refractivity contribution in [2.45, 2.75) is 43.2 Å². The number of sulfonamides is 1. The zero-order chi connectivity index (χ0) is 16.4. The summed E-state index contributed by atoms with van der Waals surface area (Å²) in [6.07, 6.45) is 2.89. The number of carbonyl (C=O) groups excluding carboxylic acids is 1. The van der Waals surface area contributed by atoms with Gasteiger partial charge in [-0.15, -0.1) is 0 Å². The van der Waals surface area contributed by atoms with Gasteiger partial charge in [-0.1, -0.05) is 6.92 Å². The van der Waals surface area contributed by atoms with Crippen LogP contribution in [0.15, 0.2) is 29.2 Å². The smallest absolute Gasteiger partial charge is 0.251 e. The Morgan fingerprint density at radius 2 is 2.04 bits per heavy atom. The van der Waals surface area contributed by atoms with Gasteiger partial charge in [-0.25, -0.2) is 13.1 Å². The molecule has 1 heterocycles. The summed E-state index contributed by atoms with van der Waals surface area (Å²) in [6.45, 7) is 3.08. The zero-order valence-corrected chi connectivity index (χ0v) is 13.9. The van der Waals surface area contributed by atoms with E-state index in [1.807, 2.05) is 6.92 Å². The van der Waals surface area contributed by atoms with Gasteiger partial charge >= 0.3 is 0 Å². The molecular weight excluding hydrogens is 316 g/mol. The maximum atomic E-state index is 12.3. The summed E-state index contributed by atoms with van der Waals surface area (Å²) in [5.41, 5.74) is 0.474. The number of hydrogen-bond donors (Lipinski definition) is 2. The number of carbonyl (C=O) groups is 1. The molecule has 6 nitrogen and oxygen atoms in total. The third kappa shape index (κ3) is 3.41. The summed E-state index contributed by atoms with van der Waals surface area (Å²) < 4.78 is 32.0. The van der Waals surface area contributed by atoms with Crippen molar-refractivity contribution < 1.29 is 17.9 Å². The van der Waals surface area contributed by atoms with Crippen molar-refractivity contribution in [3.8, 4) is 0 Å². The number of rotatable bonds is 6. The van der Waals surface area contributed by atoms with Crippen LogP contribution in [0.2, 0.25) is 0 Å². The molecule has 1 aliphatic heterocycles. The molecule has 1 aliphatic carbocycles. The van der Waals surface area contributed by atoms with Gasteiger partial charge in [-0.3, -0.25) is 4.79 Å². The van der Waals surface area contributed by atoms with E-state index >= 15 is 0 Å². The van der Waals surface area contributed by atoms with E-state index in [4.69, 9.17) is 4.74 Å². The highest BCUT2D eigenvalue weighted by molar-refractivity contribution is 7.89. The normalized spacial score (nSPS) is 26.4. The van der Waals surface area contributed by atoms with Crippen molar-refractivity contribution in [2.24, 2.45) is 5.92 Å². The van der Waals surface area contributed by atoms with E-state index in [0.717, 1.165) is 25.9 Å². The van der Waals surface area contributed by atoms with Gasteiger partial charge < -0.3 is 10.1 Å². The van der Waals surface area contributed by atoms with Crippen LogP contribution in [0.3, 0.4) is 0 Å². The molecule has 0 spiro atoms. The number of fused-ring (bicyclic) bond motifs is 1. The van der Waals surface area contributed by atoms with Crippen LogP contribution in [0.1, 0.15) is 36.5 Å². The van der Waals surface area contributed by atoms with Crippen molar-refractivity contribution in [3.63, 3.8) is 0 Å². The first-order chi connectivity index (χ1) is 11.0. The maximum Gasteiger partial charge on any atom is 0.251 e. The van der Waals surface area contributed by atoms with Crippen LogP contribution in [0.4, 0.5) is 0 Å². The lowest BCUT2D eigenvalue weighted by atomic mass is 9.76. The topological polar surface area (TPSA) is 84.5 Å². The highest BCUT2D eigenvalue weighted by atomic mass is 32.2. The third-order valence-corrected chi connectivity index (χ3v) is 6.03. The fourth-order valence-corrected chi connectivity index (χ4v) is 4.25. The van der Waals surface area contributed by atoms with Gasteiger partial charge in [0.2, 0.25) is 10.0 Å². The van der Waals surface area contributed by atoms with Gasteiger partial charge in [0.05, 0.1) is 11.0 Å². The Bertz CT molecular complexity index is 672. The van der Waals surface area contributed by atoms with E-state index in [-0.39, 0.29) is 16.8 Å². The van der Waals surface area contributed by atoms with E-state index in [1.165, 1.54) is 12.1 Å². The van der Waals surface area contributed by atoms with Crippen LogP contribution >= 0.6 is 0 Å². The van der Waals surface area contributed by atoms with Crippen LogP contribution < -0.4 is 10.0 Å². The van der Waals surface area contributed by atoms with E-state index in [1.54, 1.807) is 12.1 Å². The Morgan fingerprint density at radius 3 is 2.70 bits per heavy atom. The highest BCUT2D eigenvalue weighted by Crippen LogP contribution is 2.38. The van der Waals surface area contributed by atoms with Crippen LogP contribution in [-0.2, 0) is 14.8 Å². The summed E-state index contributed by atoms with van der Waals surface area (Å²) in [5.74, 6) is 0.266. The zero-order valence-electron chi connectivity index (χ0n) is 13.1. The molecule has 3 rings (SSSR count). The number of ether oxygens (including phenoxy) is 1. The number of nitrogens with one attached hydrogen (secondary N) is 2. The third-order valence-electron chi connectivity index (χ3n) is 4.55. The lowest BCUT2D eigenvalue weighted by Crippen LogP contribution is -2.53. The second kappa shape index (κ2) is 6.59. The number of amides is 1. The van der Waals surface area contributed by atoms with Crippen molar-refractivity contribution in [2.75, 3.05) is 13.2 Å². The van der Waals surface area contributed by atoms with E-state index in [9.17, 15) is 13.2 Å². The molecule has 1 aromatic rings. The Hall–Kier alpha value is -1.44. The first-order valence-electron chi connectivity index (χ1n) is 8.03. The maximum absolute atomic E-state index is 12.3. The summed E-state index contributed by atoms with van der Waals surface area (Å²) in [5, 5.41) is 3.01. The molecule has 126 valence electrons. The van der Waals surface area contributed by atoms with Gasteiger partial charge in [0.1, 0.15) is 0 Å². The van der Waals surface area contributed by atoms with Gasteiger partial charge in [0.15, 0.2) is 0 Å². The Kier molecular flexibility index (Phi) is 4.70.